The molecule has 1 atom stereocenters. The molecule has 1 amide bonds. The summed E-state index contributed by atoms with van der Waals surface area (Å²) in [4.78, 5) is 22.5. The number of benzene rings is 1. The summed E-state index contributed by atoms with van der Waals surface area (Å²) in [5.41, 5.74) is 6.83. The van der Waals surface area contributed by atoms with Crippen LogP contribution in [0.5, 0.6) is 0 Å². The highest BCUT2D eigenvalue weighted by Gasteiger charge is 2.29. The van der Waals surface area contributed by atoms with Crippen molar-refractivity contribution in [3.63, 3.8) is 0 Å². The number of carboxylic acids is 1. The van der Waals surface area contributed by atoms with Crippen LogP contribution < -0.4 is 10.7 Å². The van der Waals surface area contributed by atoms with Gasteiger partial charge in [0.1, 0.15) is 6.04 Å². The minimum absolute atomic E-state index is 0.00806. The van der Waals surface area contributed by atoms with E-state index in [4.69, 9.17) is 10.8 Å². The zero-order valence-corrected chi connectivity index (χ0v) is 10.0. The zero-order chi connectivity index (χ0) is 13.3. The van der Waals surface area contributed by atoms with Crippen molar-refractivity contribution in [2.75, 3.05) is 18.6 Å². The lowest BCUT2D eigenvalue weighted by molar-refractivity contribution is -0.138. The molecule has 1 aliphatic rings. The first-order chi connectivity index (χ1) is 8.52. The minimum Gasteiger partial charge on any atom is -0.480 e. The molecular formula is C12H15N3O3. The van der Waals surface area contributed by atoms with E-state index in [2.05, 4.69) is 0 Å². The molecular weight excluding hydrogens is 234 g/mol. The van der Waals surface area contributed by atoms with Crippen LogP contribution in [0.1, 0.15) is 18.0 Å². The van der Waals surface area contributed by atoms with Crippen LogP contribution in [0, 0.1) is 0 Å². The average Bonchev–Trinajstić information content (AvgIpc) is 2.69. The van der Waals surface area contributed by atoms with Crippen LogP contribution in [-0.4, -0.2) is 35.6 Å². The van der Waals surface area contributed by atoms with Gasteiger partial charge in [-0.25, -0.2) is 0 Å². The molecule has 96 valence electrons. The van der Waals surface area contributed by atoms with Gasteiger partial charge in [0.25, 0.3) is 0 Å². The van der Waals surface area contributed by atoms with Gasteiger partial charge in [0.15, 0.2) is 0 Å². The molecule has 0 bridgehead atoms. The molecule has 0 spiro atoms. The Morgan fingerprint density at radius 3 is 2.67 bits per heavy atom. The number of para-hydroxylation sites is 1. The Morgan fingerprint density at radius 1 is 1.44 bits per heavy atom. The van der Waals surface area contributed by atoms with Crippen LogP contribution in [0.2, 0.25) is 0 Å². The van der Waals surface area contributed by atoms with Gasteiger partial charge < -0.3 is 10.8 Å². The molecule has 18 heavy (non-hydrogen) atoms. The average molecular weight is 249 g/mol. The summed E-state index contributed by atoms with van der Waals surface area (Å²) >= 11 is 0. The lowest BCUT2D eigenvalue weighted by atomic mass is 10.1. The van der Waals surface area contributed by atoms with Crippen LogP contribution in [0.15, 0.2) is 24.3 Å². The predicted molar refractivity (Wildman–Crippen MR) is 65.7 cm³/mol. The molecule has 0 saturated carbocycles. The molecule has 6 heteroatoms. The molecule has 1 heterocycles. The van der Waals surface area contributed by atoms with Gasteiger partial charge in [-0.15, -0.1) is 0 Å². The Kier molecular flexibility index (Phi) is 3.20. The van der Waals surface area contributed by atoms with E-state index in [1.165, 1.54) is 5.01 Å². The third kappa shape index (κ3) is 2.02. The summed E-state index contributed by atoms with van der Waals surface area (Å²) in [6.07, 6.45) is 0.424. The van der Waals surface area contributed by atoms with E-state index in [0.29, 0.717) is 24.2 Å². The molecule has 1 aromatic carbocycles. The van der Waals surface area contributed by atoms with Crippen LogP contribution >= 0.6 is 0 Å². The third-order valence-corrected chi connectivity index (χ3v) is 3.08. The molecule has 1 aromatic rings. The number of hydrazine groups is 1. The maximum atomic E-state index is 11.5. The van der Waals surface area contributed by atoms with E-state index in [-0.39, 0.29) is 5.91 Å². The first-order valence-corrected chi connectivity index (χ1v) is 5.63. The second kappa shape index (κ2) is 4.66. The molecule has 1 aliphatic heterocycles. The SMILES string of the molecule is CN1C(=O)CCN1c1ccccc1C(N)C(=O)O. The molecule has 6 nitrogen and oxygen atoms in total. The van der Waals surface area contributed by atoms with E-state index < -0.39 is 12.0 Å². The van der Waals surface area contributed by atoms with Crippen LogP contribution in [0.4, 0.5) is 5.69 Å². The molecule has 1 saturated heterocycles. The summed E-state index contributed by atoms with van der Waals surface area (Å²) < 4.78 is 0. The Labute approximate surface area is 105 Å². The van der Waals surface area contributed by atoms with Crippen molar-refractivity contribution in [3.05, 3.63) is 29.8 Å². The van der Waals surface area contributed by atoms with Crippen LogP contribution in [-0.2, 0) is 9.59 Å². The topological polar surface area (TPSA) is 86.9 Å². The fourth-order valence-corrected chi connectivity index (χ4v) is 2.05. The van der Waals surface area contributed by atoms with Crippen molar-refractivity contribution in [1.29, 1.82) is 0 Å². The lowest BCUT2D eigenvalue weighted by Gasteiger charge is -2.28. The quantitative estimate of drug-likeness (QED) is 0.807. The maximum absolute atomic E-state index is 11.5. The summed E-state index contributed by atoms with van der Waals surface area (Å²) in [5.74, 6) is -1.08. The van der Waals surface area contributed by atoms with E-state index in [1.807, 2.05) is 0 Å². The number of hydrogen-bond acceptors (Lipinski definition) is 4. The number of carboxylic acid groups (broad SMARTS) is 1. The highest BCUT2D eigenvalue weighted by atomic mass is 16.4. The van der Waals surface area contributed by atoms with Crippen molar-refractivity contribution >= 4 is 17.6 Å². The second-order valence-corrected chi connectivity index (χ2v) is 4.17. The second-order valence-electron chi connectivity index (χ2n) is 4.17. The number of carbonyl (C=O) groups excluding carboxylic acids is 1. The minimum atomic E-state index is -1.09. The fourth-order valence-electron chi connectivity index (χ4n) is 2.05. The van der Waals surface area contributed by atoms with Crippen LogP contribution in [0.25, 0.3) is 0 Å². The molecule has 1 unspecified atom stereocenters. The number of carbonyl (C=O) groups is 2. The van der Waals surface area contributed by atoms with Gasteiger partial charge in [0.2, 0.25) is 5.91 Å². The number of nitrogens with zero attached hydrogens (tertiary/aromatic N) is 2. The predicted octanol–water partition coefficient (Wildman–Crippen LogP) is 0.355. The molecule has 2 rings (SSSR count). The third-order valence-electron chi connectivity index (χ3n) is 3.08. The van der Waals surface area contributed by atoms with Crippen molar-refractivity contribution in [2.45, 2.75) is 12.5 Å². The summed E-state index contributed by atoms with van der Waals surface area (Å²) in [6.45, 7) is 0.540. The lowest BCUT2D eigenvalue weighted by Crippen LogP contribution is -2.37. The number of anilines is 1. The smallest absolute Gasteiger partial charge is 0.325 e. The largest absolute Gasteiger partial charge is 0.480 e. The standard InChI is InChI=1S/C12H15N3O3/c1-14-10(16)6-7-15(14)9-5-3-2-4-8(9)11(13)12(17)18/h2-5,11H,6-7,13H2,1H3,(H,17,18). The number of nitrogens with two attached hydrogens (primary N) is 1. The Balaban J connectivity index is 2.39. The molecule has 3 N–H and O–H groups in total. The number of amides is 1. The first-order valence-electron chi connectivity index (χ1n) is 5.63. The van der Waals surface area contributed by atoms with E-state index >= 15 is 0 Å². The van der Waals surface area contributed by atoms with Gasteiger partial charge in [-0.1, -0.05) is 18.2 Å². The number of hydrogen-bond donors (Lipinski definition) is 2. The monoisotopic (exact) mass is 249 g/mol. The molecule has 0 aromatic heterocycles. The summed E-state index contributed by atoms with van der Waals surface area (Å²) in [7, 11) is 1.67. The summed E-state index contributed by atoms with van der Waals surface area (Å²) in [6, 6.07) is 5.88. The highest BCUT2D eigenvalue weighted by Crippen LogP contribution is 2.28. The van der Waals surface area contributed by atoms with E-state index in [9.17, 15) is 9.59 Å². The van der Waals surface area contributed by atoms with Gasteiger partial charge in [-0.2, -0.15) is 0 Å². The van der Waals surface area contributed by atoms with Gasteiger partial charge in [-0.05, 0) is 6.07 Å². The summed E-state index contributed by atoms with van der Waals surface area (Å²) in [5, 5.41) is 12.2. The first kappa shape index (κ1) is 12.4. The highest BCUT2D eigenvalue weighted by molar-refractivity contribution is 5.83. The van der Waals surface area contributed by atoms with Crippen molar-refractivity contribution in [2.24, 2.45) is 5.73 Å². The van der Waals surface area contributed by atoms with Gasteiger partial charge in [0, 0.05) is 25.6 Å². The Bertz CT molecular complexity index is 489. The maximum Gasteiger partial charge on any atom is 0.325 e. The van der Waals surface area contributed by atoms with Crippen molar-refractivity contribution < 1.29 is 14.7 Å². The molecule has 0 aliphatic carbocycles. The number of rotatable bonds is 3. The van der Waals surface area contributed by atoms with Crippen molar-refractivity contribution in [1.82, 2.24) is 5.01 Å². The van der Waals surface area contributed by atoms with Crippen molar-refractivity contribution in [3.8, 4) is 0 Å². The normalized spacial score (nSPS) is 17.1. The molecule has 1 fully saturated rings. The Hall–Kier alpha value is -2.08. The van der Waals surface area contributed by atoms with E-state index in [0.717, 1.165) is 0 Å². The van der Waals surface area contributed by atoms with Gasteiger partial charge >= 0.3 is 5.97 Å². The fraction of sp³-hybridized carbons (Fsp3) is 0.333. The molecule has 0 radical (unpaired) electrons. The van der Waals surface area contributed by atoms with Crippen LogP contribution in [0.3, 0.4) is 0 Å². The van der Waals surface area contributed by atoms with Gasteiger partial charge in [0.05, 0.1) is 5.69 Å². The Morgan fingerprint density at radius 2 is 2.11 bits per heavy atom. The number of aliphatic carboxylic acids is 1. The van der Waals surface area contributed by atoms with E-state index in [1.54, 1.807) is 36.3 Å². The zero-order valence-electron chi connectivity index (χ0n) is 10.0. The van der Waals surface area contributed by atoms with Gasteiger partial charge in [-0.3, -0.25) is 19.6 Å².